The van der Waals surface area contributed by atoms with Crippen LogP contribution in [-0.2, 0) is 9.53 Å². The lowest BCUT2D eigenvalue weighted by molar-refractivity contribution is -0.148. The summed E-state index contributed by atoms with van der Waals surface area (Å²) < 4.78 is 5.54. The van der Waals surface area contributed by atoms with Crippen molar-refractivity contribution < 1.29 is 14.7 Å². The summed E-state index contributed by atoms with van der Waals surface area (Å²) in [7, 11) is 0. The Labute approximate surface area is 163 Å². The van der Waals surface area contributed by atoms with E-state index in [-0.39, 0.29) is 22.9 Å². The van der Waals surface area contributed by atoms with E-state index in [1.807, 2.05) is 6.92 Å². The fraction of sp³-hybridized carbons (Fsp3) is 0.826. The van der Waals surface area contributed by atoms with Crippen LogP contribution in [0.1, 0.15) is 79.1 Å². The maximum absolute atomic E-state index is 11.4. The van der Waals surface area contributed by atoms with Crippen LogP contribution in [0.3, 0.4) is 0 Å². The zero-order chi connectivity index (χ0) is 19.4. The molecule has 0 aromatic carbocycles. The van der Waals surface area contributed by atoms with Gasteiger partial charge in [-0.1, -0.05) is 30.7 Å². The molecule has 0 radical (unpaired) electrons. The van der Waals surface area contributed by atoms with Crippen molar-refractivity contribution in [2.24, 2.45) is 39.7 Å². The largest absolute Gasteiger partial charge is 0.462 e. The van der Waals surface area contributed by atoms with Gasteiger partial charge in [-0.3, -0.25) is 4.79 Å². The first-order valence-corrected chi connectivity index (χ1v) is 10.8. The molecule has 4 heteroatoms. The highest BCUT2D eigenvalue weighted by Gasteiger charge is 2.59. The summed E-state index contributed by atoms with van der Waals surface area (Å²) in [6, 6.07) is 0. The summed E-state index contributed by atoms with van der Waals surface area (Å²) in [5.74, 6) is 2.52. The van der Waals surface area contributed by atoms with Gasteiger partial charge in [-0.15, -0.1) is 0 Å². The van der Waals surface area contributed by atoms with E-state index < -0.39 is 0 Å². The number of rotatable bonds is 2. The Morgan fingerprint density at radius 1 is 1.15 bits per heavy atom. The van der Waals surface area contributed by atoms with E-state index in [2.05, 4.69) is 25.1 Å². The van der Waals surface area contributed by atoms with Gasteiger partial charge in [0.2, 0.25) is 0 Å². The lowest BCUT2D eigenvalue weighted by Gasteiger charge is -2.58. The van der Waals surface area contributed by atoms with Gasteiger partial charge in [0.25, 0.3) is 0 Å². The summed E-state index contributed by atoms with van der Waals surface area (Å²) in [4.78, 5) is 11.4. The summed E-state index contributed by atoms with van der Waals surface area (Å²) >= 11 is 0. The number of carbonyl (C=O) groups excluding carboxylic acids is 1. The zero-order valence-electron chi connectivity index (χ0n) is 17.3. The molecule has 150 valence electrons. The van der Waals surface area contributed by atoms with E-state index >= 15 is 0 Å². The lowest BCUT2D eigenvalue weighted by atomic mass is 9.47. The number of nitrogens with zero attached hydrogens (tertiary/aromatic N) is 1. The van der Waals surface area contributed by atoms with Crippen molar-refractivity contribution in [3.63, 3.8) is 0 Å². The predicted octanol–water partition coefficient (Wildman–Crippen LogP) is 5.35. The van der Waals surface area contributed by atoms with Crippen molar-refractivity contribution in [3.8, 4) is 0 Å². The van der Waals surface area contributed by atoms with Crippen molar-refractivity contribution in [2.45, 2.75) is 85.2 Å². The molecule has 7 atom stereocenters. The van der Waals surface area contributed by atoms with Gasteiger partial charge in [-0.05, 0) is 80.5 Å². The van der Waals surface area contributed by atoms with E-state index in [1.54, 1.807) is 5.57 Å². The first kappa shape index (κ1) is 19.0. The highest BCUT2D eigenvalue weighted by atomic mass is 16.5. The number of carbonyl (C=O) groups is 1. The van der Waals surface area contributed by atoms with Gasteiger partial charge in [0.05, 0.1) is 5.71 Å². The quantitative estimate of drug-likeness (QED) is 0.233. The fourth-order valence-electron chi connectivity index (χ4n) is 7.72. The number of ether oxygens (including phenoxy) is 1. The Kier molecular flexibility index (Phi) is 4.67. The van der Waals surface area contributed by atoms with E-state index in [4.69, 9.17) is 4.74 Å². The van der Waals surface area contributed by atoms with Crippen LogP contribution >= 0.6 is 0 Å². The molecule has 4 aliphatic carbocycles. The number of esters is 1. The number of fused-ring (bicyclic) bond motifs is 5. The first-order valence-electron chi connectivity index (χ1n) is 10.8. The molecule has 1 N–H and O–H groups in total. The molecule has 4 nitrogen and oxygen atoms in total. The standard InChI is InChI=1S/C23H35NO3/c1-14(24-26)19-7-8-20-18-6-5-16-13-17(27-15(2)25)9-11-22(16,3)21(18)10-12-23(19,20)4/h5,17-21,26H,6-13H2,1-4H3/t17-,18+,19-,20+,21+,22-,23+/m0/s1. The predicted molar refractivity (Wildman–Crippen MR) is 106 cm³/mol. The van der Waals surface area contributed by atoms with E-state index in [0.717, 1.165) is 42.7 Å². The van der Waals surface area contributed by atoms with Gasteiger partial charge in [0.15, 0.2) is 0 Å². The molecule has 27 heavy (non-hydrogen) atoms. The van der Waals surface area contributed by atoms with Crippen molar-refractivity contribution in [2.75, 3.05) is 0 Å². The Morgan fingerprint density at radius 2 is 1.93 bits per heavy atom. The fourth-order valence-corrected chi connectivity index (χ4v) is 7.72. The number of hydrogen-bond acceptors (Lipinski definition) is 4. The third kappa shape index (κ3) is 2.86. The van der Waals surface area contributed by atoms with Crippen LogP contribution < -0.4 is 0 Å². The number of allylic oxidation sites excluding steroid dienone is 1. The Hall–Kier alpha value is -1.32. The minimum absolute atomic E-state index is 0.0755. The second kappa shape index (κ2) is 6.63. The molecule has 0 saturated heterocycles. The van der Waals surface area contributed by atoms with Crippen LogP contribution in [0.15, 0.2) is 16.8 Å². The molecular formula is C23H35NO3. The molecule has 4 aliphatic rings. The molecule has 0 aromatic rings. The molecule has 0 bridgehead atoms. The van der Waals surface area contributed by atoms with Crippen LogP contribution in [0.5, 0.6) is 0 Å². The third-order valence-corrected chi connectivity index (χ3v) is 9.05. The Balaban J connectivity index is 1.58. The van der Waals surface area contributed by atoms with Gasteiger partial charge < -0.3 is 9.94 Å². The Morgan fingerprint density at radius 3 is 2.63 bits per heavy atom. The van der Waals surface area contributed by atoms with Crippen molar-refractivity contribution >= 4 is 11.7 Å². The smallest absolute Gasteiger partial charge is 0.302 e. The van der Waals surface area contributed by atoms with Gasteiger partial charge in [-0.25, -0.2) is 0 Å². The molecular weight excluding hydrogens is 338 g/mol. The molecule has 3 fully saturated rings. The lowest BCUT2D eigenvalue weighted by Crippen LogP contribution is -2.51. The molecule has 0 spiro atoms. The Bertz CT molecular complexity index is 683. The van der Waals surface area contributed by atoms with E-state index in [1.165, 1.54) is 39.0 Å². The SMILES string of the molecule is CC(=O)O[C@H]1CC[C@@]2(C)C(=CC[C@@H]3[C@H]4CC[C@@H](C(C)=NO)[C@@]4(C)CC[C@H]32)C1. The normalized spacial score (nSPS) is 46.7. The summed E-state index contributed by atoms with van der Waals surface area (Å²) in [6.45, 7) is 8.46. The molecule has 0 aliphatic heterocycles. The maximum Gasteiger partial charge on any atom is 0.302 e. The molecule has 0 heterocycles. The second-order valence-corrected chi connectivity index (χ2v) is 10.1. The molecule has 4 rings (SSSR count). The molecule has 0 amide bonds. The van der Waals surface area contributed by atoms with Crippen molar-refractivity contribution in [3.05, 3.63) is 11.6 Å². The van der Waals surface area contributed by atoms with Crippen molar-refractivity contribution in [1.82, 2.24) is 0 Å². The topological polar surface area (TPSA) is 58.9 Å². The van der Waals surface area contributed by atoms with Crippen molar-refractivity contribution in [1.29, 1.82) is 0 Å². The number of hydrogen-bond donors (Lipinski definition) is 1. The highest BCUT2D eigenvalue weighted by Crippen LogP contribution is 2.66. The third-order valence-electron chi connectivity index (χ3n) is 9.05. The van der Waals surface area contributed by atoms with Gasteiger partial charge in [-0.2, -0.15) is 0 Å². The van der Waals surface area contributed by atoms with E-state index in [0.29, 0.717) is 5.92 Å². The minimum Gasteiger partial charge on any atom is -0.462 e. The van der Waals surface area contributed by atoms with Gasteiger partial charge in [0.1, 0.15) is 6.10 Å². The average Bonchev–Trinajstić information content (AvgIpc) is 2.98. The minimum atomic E-state index is -0.149. The summed E-state index contributed by atoms with van der Waals surface area (Å²) in [5.41, 5.74) is 3.04. The molecule has 0 unspecified atom stereocenters. The number of oxime groups is 1. The van der Waals surface area contributed by atoms with Crippen LogP contribution in [0.4, 0.5) is 0 Å². The van der Waals surface area contributed by atoms with Gasteiger partial charge >= 0.3 is 5.97 Å². The summed E-state index contributed by atoms with van der Waals surface area (Å²) in [6.07, 6.45) is 11.8. The van der Waals surface area contributed by atoms with Crippen LogP contribution in [0.25, 0.3) is 0 Å². The summed E-state index contributed by atoms with van der Waals surface area (Å²) in [5, 5.41) is 12.9. The zero-order valence-corrected chi connectivity index (χ0v) is 17.3. The van der Waals surface area contributed by atoms with Crippen LogP contribution in [-0.4, -0.2) is 23.0 Å². The highest BCUT2D eigenvalue weighted by molar-refractivity contribution is 5.85. The second-order valence-electron chi connectivity index (χ2n) is 10.1. The van der Waals surface area contributed by atoms with E-state index in [9.17, 15) is 10.0 Å². The van der Waals surface area contributed by atoms with Gasteiger partial charge in [0, 0.05) is 19.3 Å². The average molecular weight is 374 g/mol. The monoisotopic (exact) mass is 373 g/mol. The van der Waals surface area contributed by atoms with Crippen LogP contribution in [0, 0.1) is 34.5 Å². The van der Waals surface area contributed by atoms with Crippen LogP contribution in [0.2, 0.25) is 0 Å². The first-order chi connectivity index (χ1) is 12.8. The molecule has 3 saturated carbocycles. The maximum atomic E-state index is 11.4. The molecule has 0 aromatic heterocycles.